The Morgan fingerprint density at radius 1 is 1.24 bits per heavy atom. The summed E-state index contributed by atoms with van der Waals surface area (Å²) in [4.78, 5) is 27.8. The van der Waals surface area contributed by atoms with Crippen molar-refractivity contribution in [2.24, 2.45) is 17.6 Å². The number of amides is 1. The molecule has 3 rings (SSSR count). The SMILES string of the molecule is NC(=O)C(CC1CCNCC1)n1ccnc1C1CCC(C(=O)O)CC1. The number of carbonyl (C=O) groups excluding carboxylic acids is 1. The minimum absolute atomic E-state index is 0.209. The lowest BCUT2D eigenvalue weighted by Crippen LogP contribution is -2.34. The number of nitrogens with two attached hydrogens (primary N) is 1. The molecule has 1 saturated carbocycles. The largest absolute Gasteiger partial charge is 0.481 e. The fraction of sp³-hybridized carbons (Fsp3) is 0.722. The van der Waals surface area contributed by atoms with Crippen LogP contribution in [-0.2, 0) is 9.59 Å². The number of aliphatic carboxylic acids is 1. The van der Waals surface area contributed by atoms with Crippen LogP contribution in [0.4, 0.5) is 0 Å². The minimum atomic E-state index is -0.706. The van der Waals surface area contributed by atoms with E-state index in [0.717, 1.165) is 51.0 Å². The summed E-state index contributed by atoms with van der Waals surface area (Å²) in [6.45, 7) is 1.98. The van der Waals surface area contributed by atoms with Crippen molar-refractivity contribution in [1.29, 1.82) is 0 Å². The van der Waals surface area contributed by atoms with Crippen LogP contribution >= 0.6 is 0 Å². The Balaban J connectivity index is 1.72. The fourth-order valence-electron chi connectivity index (χ4n) is 4.30. The Kier molecular flexibility index (Phi) is 5.73. The number of hydrogen-bond donors (Lipinski definition) is 3. The van der Waals surface area contributed by atoms with E-state index in [1.165, 1.54) is 0 Å². The number of carbonyl (C=O) groups is 2. The lowest BCUT2D eigenvalue weighted by atomic mass is 9.81. The number of aromatic nitrogens is 2. The summed E-state index contributed by atoms with van der Waals surface area (Å²) in [7, 11) is 0. The highest BCUT2D eigenvalue weighted by Crippen LogP contribution is 2.37. The van der Waals surface area contributed by atoms with E-state index in [2.05, 4.69) is 10.3 Å². The van der Waals surface area contributed by atoms with Crippen molar-refractivity contribution >= 4 is 11.9 Å². The van der Waals surface area contributed by atoms with Gasteiger partial charge in [-0.05, 0) is 64.0 Å². The van der Waals surface area contributed by atoms with Crippen LogP contribution in [0.15, 0.2) is 12.4 Å². The van der Waals surface area contributed by atoms with E-state index in [9.17, 15) is 9.59 Å². The summed E-state index contributed by atoms with van der Waals surface area (Å²) in [6.07, 6.45) is 9.41. The van der Waals surface area contributed by atoms with Gasteiger partial charge in [0.15, 0.2) is 0 Å². The first-order chi connectivity index (χ1) is 12.1. The van der Waals surface area contributed by atoms with Gasteiger partial charge in [0.25, 0.3) is 0 Å². The summed E-state index contributed by atoms with van der Waals surface area (Å²) in [5.41, 5.74) is 5.72. The molecule has 1 aliphatic heterocycles. The molecule has 25 heavy (non-hydrogen) atoms. The van der Waals surface area contributed by atoms with Crippen LogP contribution in [0.2, 0.25) is 0 Å². The average Bonchev–Trinajstić information content (AvgIpc) is 3.09. The van der Waals surface area contributed by atoms with Crippen molar-refractivity contribution in [3.8, 4) is 0 Å². The monoisotopic (exact) mass is 348 g/mol. The first-order valence-corrected chi connectivity index (χ1v) is 9.31. The van der Waals surface area contributed by atoms with Crippen molar-refractivity contribution in [2.75, 3.05) is 13.1 Å². The smallest absolute Gasteiger partial charge is 0.306 e. The molecule has 2 aliphatic rings. The zero-order valence-corrected chi connectivity index (χ0v) is 14.6. The van der Waals surface area contributed by atoms with Gasteiger partial charge in [0, 0.05) is 18.3 Å². The van der Waals surface area contributed by atoms with Crippen LogP contribution in [0.5, 0.6) is 0 Å². The van der Waals surface area contributed by atoms with Crippen molar-refractivity contribution in [2.45, 2.75) is 56.9 Å². The third-order valence-electron chi connectivity index (χ3n) is 5.82. The molecule has 1 aromatic rings. The van der Waals surface area contributed by atoms with Gasteiger partial charge in [-0.2, -0.15) is 0 Å². The number of carboxylic acid groups (broad SMARTS) is 1. The molecule has 1 saturated heterocycles. The lowest BCUT2D eigenvalue weighted by Gasteiger charge is -2.30. The van der Waals surface area contributed by atoms with Gasteiger partial charge < -0.3 is 20.7 Å². The Morgan fingerprint density at radius 3 is 2.52 bits per heavy atom. The maximum absolute atomic E-state index is 12.1. The maximum Gasteiger partial charge on any atom is 0.306 e. The average molecular weight is 348 g/mol. The van der Waals surface area contributed by atoms with Gasteiger partial charge in [-0.15, -0.1) is 0 Å². The lowest BCUT2D eigenvalue weighted by molar-refractivity contribution is -0.142. The van der Waals surface area contributed by atoms with E-state index in [1.807, 2.05) is 10.8 Å². The first kappa shape index (κ1) is 17.9. The molecule has 1 aliphatic carbocycles. The Labute approximate surface area is 148 Å². The van der Waals surface area contributed by atoms with Crippen LogP contribution in [0, 0.1) is 11.8 Å². The number of nitrogens with one attached hydrogen (secondary N) is 1. The van der Waals surface area contributed by atoms with Crippen molar-refractivity contribution in [3.63, 3.8) is 0 Å². The highest BCUT2D eigenvalue weighted by atomic mass is 16.4. The molecule has 0 bridgehead atoms. The van der Waals surface area contributed by atoms with Gasteiger partial charge in [-0.3, -0.25) is 9.59 Å². The number of primary amides is 1. The van der Waals surface area contributed by atoms with Crippen LogP contribution in [0.3, 0.4) is 0 Å². The number of rotatable bonds is 6. The predicted molar refractivity (Wildman–Crippen MR) is 93.0 cm³/mol. The highest BCUT2D eigenvalue weighted by molar-refractivity contribution is 5.78. The van der Waals surface area contributed by atoms with Gasteiger partial charge in [0.1, 0.15) is 11.9 Å². The summed E-state index contributed by atoms with van der Waals surface area (Å²) in [5.74, 6) is 0.333. The van der Waals surface area contributed by atoms with Crippen molar-refractivity contribution in [1.82, 2.24) is 14.9 Å². The fourth-order valence-corrected chi connectivity index (χ4v) is 4.30. The quantitative estimate of drug-likeness (QED) is 0.724. The van der Waals surface area contributed by atoms with E-state index in [4.69, 9.17) is 10.8 Å². The molecule has 138 valence electrons. The van der Waals surface area contributed by atoms with E-state index >= 15 is 0 Å². The summed E-state index contributed by atoms with van der Waals surface area (Å²) >= 11 is 0. The van der Waals surface area contributed by atoms with E-state index in [1.54, 1.807) is 6.20 Å². The van der Waals surface area contributed by atoms with Gasteiger partial charge in [-0.1, -0.05) is 0 Å². The van der Waals surface area contributed by atoms with E-state index in [0.29, 0.717) is 18.8 Å². The third-order valence-corrected chi connectivity index (χ3v) is 5.82. The molecule has 7 heteroatoms. The zero-order chi connectivity index (χ0) is 17.8. The second-order valence-corrected chi connectivity index (χ2v) is 7.43. The Hall–Kier alpha value is -1.89. The molecule has 2 heterocycles. The highest BCUT2D eigenvalue weighted by Gasteiger charge is 2.32. The van der Waals surface area contributed by atoms with Crippen molar-refractivity contribution < 1.29 is 14.7 Å². The molecular weight excluding hydrogens is 320 g/mol. The van der Waals surface area contributed by atoms with E-state index in [-0.39, 0.29) is 23.8 Å². The van der Waals surface area contributed by atoms with Gasteiger partial charge in [0.05, 0.1) is 5.92 Å². The molecule has 4 N–H and O–H groups in total. The van der Waals surface area contributed by atoms with Crippen molar-refractivity contribution in [3.05, 3.63) is 18.2 Å². The number of piperidine rings is 1. The number of hydrogen-bond acceptors (Lipinski definition) is 4. The Bertz CT molecular complexity index is 601. The molecule has 1 aromatic heterocycles. The molecule has 1 unspecified atom stereocenters. The van der Waals surface area contributed by atoms with Gasteiger partial charge >= 0.3 is 5.97 Å². The summed E-state index contributed by atoms with van der Waals surface area (Å²) < 4.78 is 1.95. The topological polar surface area (TPSA) is 110 Å². The molecule has 1 amide bonds. The summed E-state index contributed by atoms with van der Waals surface area (Å²) in [5, 5.41) is 12.5. The number of nitrogens with zero attached hydrogens (tertiary/aromatic N) is 2. The molecular formula is C18H28N4O3. The second kappa shape index (κ2) is 7.99. The molecule has 0 radical (unpaired) electrons. The van der Waals surface area contributed by atoms with Crippen LogP contribution in [0.25, 0.3) is 0 Å². The summed E-state index contributed by atoms with van der Waals surface area (Å²) in [6, 6.07) is -0.363. The predicted octanol–water partition coefficient (Wildman–Crippen LogP) is 1.66. The standard InChI is InChI=1S/C18H28N4O3/c19-16(23)15(11-12-5-7-20-8-6-12)22-10-9-21-17(22)13-1-3-14(4-2-13)18(24)25/h9-10,12-15,20H,1-8,11H2,(H2,19,23)(H,24,25). The molecule has 7 nitrogen and oxygen atoms in total. The molecule has 0 spiro atoms. The Morgan fingerprint density at radius 2 is 1.92 bits per heavy atom. The van der Waals surface area contributed by atoms with E-state index < -0.39 is 5.97 Å². The maximum atomic E-state index is 12.1. The van der Waals surface area contributed by atoms with Crippen LogP contribution in [0.1, 0.15) is 62.7 Å². The molecule has 2 fully saturated rings. The molecule has 1 atom stereocenters. The van der Waals surface area contributed by atoms with Gasteiger partial charge in [0.2, 0.25) is 5.91 Å². The van der Waals surface area contributed by atoms with Gasteiger partial charge in [-0.25, -0.2) is 4.98 Å². The third kappa shape index (κ3) is 4.21. The van der Waals surface area contributed by atoms with Crippen LogP contribution < -0.4 is 11.1 Å². The normalized spacial score (nSPS) is 26.2. The number of imidazole rings is 1. The molecule has 0 aromatic carbocycles. The number of carboxylic acids is 1. The first-order valence-electron chi connectivity index (χ1n) is 9.31. The zero-order valence-electron chi connectivity index (χ0n) is 14.6. The minimum Gasteiger partial charge on any atom is -0.481 e. The second-order valence-electron chi connectivity index (χ2n) is 7.43. The van der Waals surface area contributed by atoms with Crippen LogP contribution in [-0.4, -0.2) is 39.6 Å².